The van der Waals surface area contributed by atoms with Crippen LogP contribution in [0, 0.1) is 5.82 Å². The van der Waals surface area contributed by atoms with Gasteiger partial charge in [-0.05, 0) is 49.9 Å². The lowest BCUT2D eigenvalue weighted by Gasteiger charge is -2.34. The first-order valence-corrected chi connectivity index (χ1v) is 8.02. The molecule has 1 aliphatic heterocycles. The molecule has 0 radical (unpaired) electrons. The maximum atomic E-state index is 13.2. The van der Waals surface area contributed by atoms with Crippen LogP contribution in [0.1, 0.15) is 44.1 Å². The zero-order chi connectivity index (χ0) is 13.8. The molecule has 1 aromatic carbocycles. The van der Waals surface area contributed by atoms with Crippen LogP contribution in [-0.4, -0.2) is 30.1 Å². The quantitative estimate of drug-likeness (QED) is 0.907. The average Bonchev–Trinajstić information content (AvgIpc) is 2.92. The zero-order valence-electron chi connectivity index (χ0n) is 12.2. The maximum Gasteiger partial charge on any atom is 0.123 e. The van der Waals surface area contributed by atoms with E-state index in [0.29, 0.717) is 6.04 Å². The van der Waals surface area contributed by atoms with Crippen molar-refractivity contribution in [1.82, 2.24) is 10.2 Å². The lowest BCUT2D eigenvalue weighted by atomic mass is 10.0. The van der Waals surface area contributed by atoms with Gasteiger partial charge in [0.1, 0.15) is 5.82 Å². The Bertz CT molecular complexity index is 429. The molecule has 1 unspecified atom stereocenters. The third kappa shape index (κ3) is 3.80. The lowest BCUT2D eigenvalue weighted by molar-refractivity contribution is 0.176. The highest BCUT2D eigenvalue weighted by atomic mass is 19.1. The molecule has 1 atom stereocenters. The summed E-state index contributed by atoms with van der Waals surface area (Å²) in [5.41, 5.74) is 1.09. The van der Waals surface area contributed by atoms with Gasteiger partial charge in [-0.3, -0.25) is 4.90 Å². The molecule has 2 nitrogen and oxygen atoms in total. The third-order valence-corrected chi connectivity index (χ3v) is 4.63. The summed E-state index contributed by atoms with van der Waals surface area (Å²) in [6, 6.07) is 8.38. The summed E-state index contributed by atoms with van der Waals surface area (Å²) in [6.45, 7) is 3.12. The fraction of sp³-hybridized carbons (Fsp3) is 0.647. The maximum absolute atomic E-state index is 13.2. The summed E-state index contributed by atoms with van der Waals surface area (Å²) >= 11 is 0. The van der Waals surface area contributed by atoms with Crippen molar-refractivity contribution in [2.24, 2.45) is 0 Å². The predicted octanol–water partition coefficient (Wildman–Crippen LogP) is 3.32. The van der Waals surface area contributed by atoms with E-state index in [2.05, 4.69) is 10.2 Å². The fourth-order valence-corrected chi connectivity index (χ4v) is 3.65. The molecule has 1 saturated heterocycles. The molecule has 2 aliphatic rings. The number of nitrogens with zero attached hydrogens (tertiary/aromatic N) is 1. The monoisotopic (exact) mass is 276 g/mol. The summed E-state index contributed by atoms with van der Waals surface area (Å²) < 4.78 is 13.2. The number of piperidine rings is 1. The van der Waals surface area contributed by atoms with Crippen molar-refractivity contribution in [3.8, 4) is 0 Å². The molecule has 0 aromatic heterocycles. The minimum absolute atomic E-state index is 0.125. The van der Waals surface area contributed by atoms with Gasteiger partial charge in [-0.25, -0.2) is 4.39 Å². The van der Waals surface area contributed by atoms with E-state index in [1.54, 1.807) is 6.07 Å². The van der Waals surface area contributed by atoms with Crippen LogP contribution < -0.4 is 5.32 Å². The minimum Gasteiger partial charge on any atom is -0.310 e. The Morgan fingerprint density at radius 2 is 1.90 bits per heavy atom. The number of rotatable bonds is 4. The van der Waals surface area contributed by atoms with E-state index in [-0.39, 0.29) is 5.82 Å². The van der Waals surface area contributed by atoms with Crippen molar-refractivity contribution >= 4 is 0 Å². The number of halogens is 1. The number of likely N-dealkylation sites (tertiary alicyclic amines) is 1. The van der Waals surface area contributed by atoms with E-state index >= 15 is 0 Å². The third-order valence-electron chi connectivity index (χ3n) is 4.63. The molecule has 1 aliphatic carbocycles. The van der Waals surface area contributed by atoms with Crippen molar-refractivity contribution in [2.45, 2.75) is 57.2 Å². The molecule has 110 valence electrons. The van der Waals surface area contributed by atoms with E-state index in [1.807, 2.05) is 12.1 Å². The van der Waals surface area contributed by atoms with Crippen molar-refractivity contribution in [3.05, 3.63) is 35.6 Å². The molecule has 0 spiro atoms. The van der Waals surface area contributed by atoms with Crippen LogP contribution in [-0.2, 0) is 6.54 Å². The highest BCUT2D eigenvalue weighted by molar-refractivity contribution is 5.16. The molecular weight excluding hydrogens is 251 g/mol. The first kappa shape index (κ1) is 14.0. The van der Waals surface area contributed by atoms with E-state index in [0.717, 1.165) is 31.2 Å². The molecule has 2 fully saturated rings. The highest BCUT2D eigenvalue weighted by Gasteiger charge is 2.23. The number of nitrogens with one attached hydrogen (secondary N) is 1. The summed E-state index contributed by atoms with van der Waals surface area (Å²) in [5, 5.41) is 3.83. The second-order valence-corrected chi connectivity index (χ2v) is 6.35. The smallest absolute Gasteiger partial charge is 0.123 e. The van der Waals surface area contributed by atoms with Crippen LogP contribution in [0.2, 0.25) is 0 Å². The highest BCUT2D eigenvalue weighted by Crippen LogP contribution is 2.21. The second-order valence-electron chi connectivity index (χ2n) is 6.35. The molecule has 1 N–H and O–H groups in total. The molecule has 0 amide bonds. The minimum atomic E-state index is -0.125. The van der Waals surface area contributed by atoms with Crippen LogP contribution in [0.4, 0.5) is 4.39 Å². The van der Waals surface area contributed by atoms with Gasteiger partial charge in [0.25, 0.3) is 0 Å². The lowest BCUT2D eigenvalue weighted by Crippen LogP contribution is -2.48. The Kier molecular flexibility index (Phi) is 4.69. The van der Waals surface area contributed by atoms with E-state index in [9.17, 15) is 4.39 Å². The topological polar surface area (TPSA) is 15.3 Å². The SMILES string of the molecule is Fc1cccc(CN2CCCC(NC3CCCC3)C2)c1. The number of benzene rings is 1. The van der Waals surface area contributed by atoms with Gasteiger partial charge < -0.3 is 5.32 Å². The van der Waals surface area contributed by atoms with Gasteiger partial charge in [0, 0.05) is 25.2 Å². The van der Waals surface area contributed by atoms with Gasteiger partial charge >= 0.3 is 0 Å². The van der Waals surface area contributed by atoms with Gasteiger partial charge in [0.2, 0.25) is 0 Å². The largest absolute Gasteiger partial charge is 0.310 e. The van der Waals surface area contributed by atoms with Crippen molar-refractivity contribution < 1.29 is 4.39 Å². The molecule has 1 saturated carbocycles. The Hall–Kier alpha value is -0.930. The van der Waals surface area contributed by atoms with E-state index in [4.69, 9.17) is 0 Å². The van der Waals surface area contributed by atoms with Crippen LogP contribution >= 0.6 is 0 Å². The summed E-state index contributed by atoms with van der Waals surface area (Å²) in [6.07, 6.45) is 8.01. The van der Waals surface area contributed by atoms with Crippen molar-refractivity contribution in [2.75, 3.05) is 13.1 Å². The summed E-state index contributed by atoms with van der Waals surface area (Å²) in [7, 11) is 0. The van der Waals surface area contributed by atoms with Gasteiger partial charge in [-0.1, -0.05) is 25.0 Å². The van der Waals surface area contributed by atoms with Crippen LogP contribution in [0.15, 0.2) is 24.3 Å². The second kappa shape index (κ2) is 6.68. The Labute approximate surface area is 121 Å². The van der Waals surface area contributed by atoms with Crippen molar-refractivity contribution in [1.29, 1.82) is 0 Å². The first-order valence-electron chi connectivity index (χ1n) is 8.02. The molecule has 1 heterocycles. The van der Waals surface area contributed by atoms with Crippen LogP contribution in [0.25, 0.3) is 0 Å². The predicted molar refractivity (Wildman–Crippen MR) is 80.1 cm³/mol. The fourth-order valence-electron chi connectivity index (χ4n) is 3.65. The van der Waals surface area contributed by atoms with E-state index < -0.39 is 0 Å². The summed E-state index contributed by atoms with van der Waals surface area (Å²) in [5.74, 6) is -0.125. The Balaban J connectivity index is 1.52. The molecular formula is C17H25FN2. The molecule has 3 heteroatoms. The van der Waals surface area contributed by atoms with Gasteiger partial charge in [0.05, 0.1) is 0 Å². The van der Waals surface area contributed by atoms with Gasteiger partial charge in [0.15, 0.2) is 0 Å². The average molecular weight is 276 g/mol. The molecule has 0 bridgehead atoms. The number of hydrogen-bond donors (Lipinski definition) is 1. The molecule has 1 aromatic rings. The molecule has 3 rings (SSSR count). The van der Waals surface area contributed by atoms with Crippen molar-refractivity contribution in [3.63, 3.8) is 0 Å². The van der Waals surface area contributed by atoms with Gasteiger partial charge in [-0.2, -0.15) is 0 Å². The Morgan fingerprint density at radius 3 is 2.70 bits per heavy atom. The number of hydrogen-bond acceptors (Lipinski definition) is 2. The van der Waals surface area contributed by atoms with Crippen LogP contribution in [0.3, 0.4) is 0 Å². The first-order chi connectivity index (χ1) is 9.79. The normalized spacial score (nSPS) is 25.1. The standard InChI is InChI=1S/C17H25FN2/c18-15-6-3-5-14(11-15)12-20-10-4-9-17(13-20)19-16-7-1-2-8-16/h3,5-6,11,16-17,19H,1-2,4,7-10,12-13H2. The van der Waals surface area contributed by atoms with Crippen LogP contribution in [0.5, 0.6) is 0 Å². The van der Waals surface area contributed by atoms with Gasteiger partial charge in [-0.15, -0.1) is 0 Å². The Morgan fingerprint density at radius 1 is 1.10 bits per heavy atom. The summed E-state index contributed by atoms with van der Waals surface area (Å²) in [4.78, 5) is 2.46. The zero-order valence-corrected chi connectivity index (χ0v) is 12.2. The van der Waals surface area contributed by atoms with E-state index in [1.165, 1.54) is 44.6 Å². The molecule has 20 heavy (non-hydrogen) atoms.